The molecule has 0 saturated heterocycles. The van der Waals surface area contributed by atoms with Gasteiger partial charge in [0, 0.05) is 13.1 Å². The fourth-order valence-corrected chi connectivity index (χ4v) is 1.73. The molecule has 0 aliphatic heterocycles. The first-order chi connectivity index (χ1) is 10.1. The first-order valence-electron chi connectivity index (χ1n) is 6.66. The highest BCUT2D eigenvalue weighted by Crippen LogP contribution is 2.13. The molecule has 0 bridgehead atoms. The summed E-state index contributed by atoms with van der Waals surface area (Å²) < 4.78 is 9.94. The Morgan fingerprint density at radius 3 is 2.57 bits per heavy atom. The Morgan fingerprint density at radius 2 is 2.05 bits per heavy atom. The van der Waals surface area contributed by atoms with Crippen LogP contribution in [0.15, 0.2) is 48.9 Å². The van der Waals surface area contributed by atoms with Crippen LogP contribution in [0.4, 0.5) is 0 Å². The third-order valence-electron chi connectivity index (χ3n) is 2.73. The van der Waals surface area contributed by atoms with E-state index < -0.39 is 0 Å². The van der Waals surface area contributed by atoms with Gasteiger partial charge < -0.3 is 19.5 Å². The fourth-order valence-electron chi connectivity index (χ4n) is 1.73. The van der Waals surface area contributed by atoms with Gasteiger partial charge in [0.1, 0.15) is 5.75 Å². The highest BCUT2D eigenvalue weighted by Gasteiger charge is 2.12. The van der Waals surface area contributed by atoms with Crippen molar-refractivity contribution in [3.63, 3.8) is 0 Å². The summed E-state index contributed by atoms with van der Waals surface area (Å²) in [5.41, 5.74) is 0.954. The van der Waals surface area contributed by atoms with Gasteiger partial charge in [0.2, 0.25) is 0 Å². The minimum atomic E-state index is -0.383. The second-order valence-electron chi connectivity index (χ2n) is 4.27. The monoisotopic (exact) mass is 291 g/mol. The Bertz CT molecular complexity index is 494. The normalized spacial score (nSPS) is 10.9. The number of methoxy groups -OCH3 is 1. The fraction of sp³-hybridized carbons (Fsp3) is 0.312. The van der Waals surface area contributed by atoms with Gasteiger partial charge in [-0.1, -0.05) is 18.2 Å². The van der Waals surface area contributed by atoms with Gasteiger partial charge in [0.25, 0.3) is 11.9 Å². The summed E-state index contributed by atoms with van der Waals surface area (Å²) in [4.78, 5) is 13.6. The van der Waals surface area contributed by atoms with Gasteiger partial charge in [-0.05, 0) is 24.6 Å². The molecule has 0 aliphatic rings. The van der Waals surface area contributed by atoms with Gasteiger partial charge in [-0.2, -0.15) is 0 Å². The summed E-state index contributed by atoms with van der Waals surface area (Å²) in [6.07, 6.45) is 2.70. The van der Waals surface area contributed by atoms with Gasteiger partial charge in [-0.25, -0.2) is 0 Å². The Hall–Kier alpha value is -2.43. The molecule has 5 heteroatoms. The van der Waals surface area contributed by atoms with Crippen molar-refractivity contribution >= 4 is 5.91 Å². The largest absolute Gasteiger partial charge is 0.497 e. The lowest BCUT2D eigenvalue weighted by Crippen LogP contribution is -2.29. The van der Waals surface area contributed by atoms with E-state index in [1.54, 1.807) is 25.0 Å². The molecule has 0 aliphatic carbocycles. The molecule has 1 N–H and O–H groups in total. The maximum Gasteiger partial charge on any atom is 0.282 e. The quantitative estimate of drug-likeness (QED) is 0.454. The number of aliphatic hydroxyl groups excluding tert-OH is 1. The van der Waals surface area contributed by atoms with E-state index in [0.717, 1.165) is 17.4 Å². The molecule has 0 aromatic heterocycles. The van der Waals surface area contributed by atoms with Crippen LogP contribution in [0.2, 0.25) is 0 Å². The summed E-state index contributed by atoms with van der Waals surface area (Å²) in [5.74, 6) is 0.0391. The summed E-state index contributed by atoms with van der Waals surface area (Å²) in [6.45, 7) is 6.45. The zero-order valence-corrected chi connectivity index (χ0v) is 12.4. The highest BCUT2D eigenvalue weighted by molar-refractivity contribution is 5.87. The second kappa shape index (κ2) is 8.68. The van der Waals surface area contributed by atoms with Crippen LogP contribution in [0.1, 0.15) is 12.5 Å². The van der Waals surface area contributed by atoms with Crippen molar-refractivity contribution in [2.45, 2.75) is 13.5 Å². The number of aliphatic hydroxyl groups is 1. The predicted molar refractivity (Wildman–Crippen MR) is 80.9 cm³/mol. The first-order valence-corrected chi connectivity index (χ1v) is 6.66. The molecule has 0 spiro atoms. The summed E-state index contributed by atoms with van der Waals surface area (Å²) in [7, 11) is 1.60. The average molecular weight is 291 g/mol. The second-order valence-corrected chi connectivity index (χ2v) is 4.27. The molecule has 0 radical (unpaired) electrons. The van der Waals surface area contributed by atoms with Crippen LogP contribution in [-0.4, -0.2) is 36.2 Å². The molecule has 0 saturated carbocycles. The molecule has 0 heterocycles. The lowest BCUT2D eigenvalue weighted by atomic mass is 10.2. The molecule has 114 valence electrons. The number of amides is 1. The number of hydrogen-bond donors (Lipinski definition) is 1. The SMILES string of the molecule is C=CCN(Cc1ccc(OC)cc1)C(=O)/C=C(\O)OCC. The van der Waals surface area contributed by atoms with E-state index in [1.165, 1.54) is 0 Å². The zero-order chi connectivity index (χ0) is 15.7. The molecule has 21 heavy (non-hydrogen) atoms. The molecule has 0 fully saturated rings. The highest BCUT2D eigenvalue weighted by atomic mass is 16.6. The topological polar surface area (TPSA) is 59.0 Å². The Kier molecular flexibility index (Phi) is 6.87. The summed E-state index contributed by atoms with van der Waals surface area (Å²) in [6, 6.07) is 7.43. The van der Waals surface area contributed by atoms with Crippen LogP contribution >= 0.6 is 0 Å². The number of rotatable bonds is 8. The van der Waals surface area contributed by atoms with Crippen molar-refractivity contribution in [3.8, 4) is 5.75 Å². The number of nitrogens with zero attached hydrogens (tertiary/aromatic N) is 1. The smallest absolute Gasteiger partial charge is 0.282 e. The van der Waals surface area contributed by atoms with Crippen LogP contribution in [0.5, 0.6) is 5.75 Å². The Balaban J connectivity index is 2.78. The third-order valence-corrected chi connectivity index (χ3v) is 2.73. The van der Waals surface area contributed by atoms with Crippen LogP contribution in [0.25, 0.3) is 0 Å². The molecule has 1 aromatic rings. The number of benzene rings is 1. The van der Waals surface area contributed by atoms with E-state index in [9.17, 15) is 9.90 Å². The molecule has 0 unspecified atom stereocenters. The average Bonchev–Trinajstić information content (AvgIpc) is 2.47. The molecular weight excluding hydrogens is 270 g/mol. The summed E-state index contributed by atoms with van der Waals surface area (Å²) >= 11 is 0. The van der Waals surface area contributed by atoms with E-state index in [1.807, 2.05) is 24.3 Å². The van der Waals surface area contributed by atoms with E-state index in [2.05, 4.69) is 6.58 Å². The lowest BCUT2D eigenvalue weighted by Gasteiger charge is -2.19. The number of carbonyl (C=O) groups excluding carboxylic acids is 1. The predicted octanol–water partition coefficient (Wildman–Crippen LogP) is 2.65. The van der Waals surface area contributed by atoms with Crippen molar-refractivity contribution in [2.75, 3.05) is 20.3 Å². The van der Waals surface area contributed by atoms with Gasteiger partial charge >= 0.3 is 0 Å². The standard InChI is InChI=1S/C16H21NO4/c1-4-10-17(15(18)11-16(19)21-5-2)12-13-6-8-14(20-3)9-7-13/h4,6-9,11,19H,1,5,10,12H2,2-3H3/b16-11+. The van der Waals surface area contributed by atoms with Gasteiger partial charge in [-0.3, -0.25) is 4.79 Å². The maximum absolute atomic E-state index is 12.1. The van der Waals surface area contributed by atoms with Gasteiger partial charge in [-0.15, -0.1) is 6.58 Å². The molecular formula is C16H21NO4. The van der Waals surface area contributed by atoms with E-state index in [0.29, 0.717) is 19.7 Å². The maximum atomic E-state index is 12.1. The van der Waals surface area contributed by atoms with Crippen LogP contribution < -0.4 is 4.74 Å². The molecule has 1 aromatic carbocycles. The third kappa shape index (κ3) is 5.60. The lowest BCUT2D eigenvalue weighted by molar-refractivity contribution is -0.126. The molecule has 1 rings (SSSR count). The summed E-state index contributed by atoms with van der Waals surface area (Å²) in [5, 5.41) is 9.42. The van der Waals surface area contributed by atoms with Crippen LogP contribution in [0, 0.1) is 0 Å². The minimum Gasteiger partial charge on any atom is -0.497 e. The zero-order valence-electron chi connectivity index (χ0n) is 12.4. The van der Waals surface area contributed by atoms with Crippen LogP contribution in [0.3, 0.4) is 0 Å². The molecule has 5 nitrogen and oxygen atoms in total. The van der Waals surface area contributed by atoms with Gasteiger partial charge in [0.05, 0.1) is 19.8 Å². The van der Waals surface area contributed by atoms with Crippen molar-refractivity contribution < 1.29 is 19.4 Å². The Morgan fingerprint density at radius 1 is 1.38 bits per heavy atom. The molecule has 1 amide bonds. The van der Waals surface area contributed by atoms with Crippen molar-refractivity contribution in [2.24, 2.45) is 0 Å². The van der Waals surface area contributed by atoms with E-state index in [4.69, 9.17) is 9.47 Å². The number of hydrogen-bond acceptors (Lipinski definition) is 4. The van der Waals surface area contributed by atoms with Crippen molar-refractivity contribution in [3.05, 3.63) is 54.5 Å². The first kappa shape index (κ1) is 16.6. The number of ether oxygens (including phenoxy) is 2. The van der Waals surface area contributed by atoms with Crippen molar-refractivity contribution in [1.82, 2.24) is 4.90 Å². The number of carbonyl (C=O) groups is 1. The van der Waals surface area contributed by atoms with Crippen molar-refractivity contribution in [1.29, 1.82) is 0 Å². The minimum absolute atomic E-state index is 0.301. The van der Waals surface area contributed by atoms with E-state index >= 15 is 0 Å². The molecule has 0 atom stereocenters. The van der Waals surface area contributed by atoms with Gasteiger partial charge in [0.15, 0.2) is 0 Å². The van der Waals surface area contributed by atoms with E-state index in [-0.39, 0.29) is 11.9 Å². The Labute approximate surface area is 125 Å². The van der Waals surface area contributed by atoms with Crippen LogP contribution in [-0.2, 0) is 16.1 Å².